The first-order chi connectivity index (χ1) is 4.74. The maximum atomic E-state index is 11.1. The molecule has 0 radical (unpaired) electrons. The fourth-order valence-corrected chi connectivity index (χ4v) is 1.56. The van der Waals surface area contributed by atoms with Crippen LogP contribution in [0.4, 0.5) is 0 Å². The zero-order chi connectivity index (χ0) is 7.56. The van der Waals surface area contributed by atoms with Crippen LogP contribution in [-0.2, 0) is 4.79 Å². The first kappa shape index (κ1) is 7.73. The quantitative estimate of drug-likeness (QED) is 0.590. The van der Waals surface area contributed by atoms with Gasteiger partial charge in [0.05, 0.1) is 0 Å². The Balaban J connectivity index is 2.45. The molecule has 1 saturated carbocycles. The van der Waals surface area contributed by atoms with Crippen molar-refractivity contribution in [1.29, 1.82) is 0 Å². The molecule has 0 aromatic rings. The Labute approximate surface area is 61.8 Å². The maximum Gasteiger partial charge on any atom is 0.137 e. The van der Waals surface area contributed by atoms with Crippen LogP contribution in [0.15, 0.2) is 0 Å². The molecular weight excluding hydrogens is 126 g/mol. The number of Topliss-reactive ketones (excluding diaryl/α,β-unsaturated/α-hetero) is 1. The van der Waals surface area contributed by atoms with E-state index < -0.39 is 0 Å². The van der Waals surface area contributed by atoms with Crippen molar-refractivity contribution in [3.8, 4) is 0 Å². The standard InChI is InChI=1S/C8H15NO/c1-6-2-3-8(10)7(4-6)5-9/h6-7H,2-5,9H2,1H3. The molecule has 0 spiro atoms. The summed E-state index contributed by atoms with van der Waals surface area (Å²) in [6, 6.07) is 0. The molecule has 1 aliphatic rings. The number of rotatable bonds is 1. The van der Waals surface area contributed by atoms with Gasteiger partial charge in [0.25, 0.3) is 0 Å². The Hall–Kier alpha value is -0.370. The molecule has 2 atom stereocenters. The Morgan fingerprint density at radius 2 is 2.40 bits per heavy atom. The third kappa shape index (κ3) is 1.57. The van der Waals surface area contributed by atoms with Crippen molar-refractivity contribution in [3.05, 3.63) is 0 Å². The zero-order valence-electron chi connectivity index (χ0n) is 6.47. The van der Waals surface area contributed by atoms with Crippen molar-refractivity contribution in [2.24, 2.45) is 17.6 Å². The van der Waals surface area contributed by atoms with Gasteiger partial charge in [-0.05, 0) is 18.8 Å². The summed E-state index contributed by atoms with van der Waals surface area (Å²) in [4.78, 5) is 11.1. The highest BCUT2D eigenvalue weighted by Gasteiger charge is 2.24. The van der Waals surface area contributed by atoms with Crippen LogP contribution in [0, 0.1) is 11.8 Å². The highest BCUT2D eigenvalue weighted by molar-refractivity contribution is 5.81. The number of carbonyl (C=O) groups excluding carboxylic acids is 1. The fraction of sp³-hybridized carbons (Fsp3) is 0.875. The SMILES string of the molecule is CC1CCC(=O)C(CN)C1. The smallest absolute Gasteiger partial charge is 0.137 e. The second-order valence-electron chi connectivity index (χ2n) is 3.28. The summed E-state index contributed by atoms with van der Waals surface area (Å²) >= 11 is 0. The summed E-state index contributed by atoms with van der Waals surface area (Å²) in [5.74, 6) is 1.25. The van der Waals surface area contributed by atoms with Crippen LogP contribution in [0.2, 0.25) is 0 Å². The van der Waals surface area contributed by atoms with Gasteiger partial charge in [0.1, 0.15) is 5.78 Å². The van der Waals surface area contributed by atoms with Crippen molar-refractivity contribution in [2.75, 3.05) is 6.54 Å². The third-order valence-electron chi connectivity index (χ3n) is 2.31. The van der Waals surface area contributed by atoms with Crippen LogP contribution in [-0.4, -0.2) is 12.3 Å². The average molecular weight is 141 g/mol. The van der Waals surface area contributed by atoms with Gasteiger partial charge >= 0.3 is 0 Å². The van der Waals surface area contributed by atoms with E-state index in [0.29, 0.717) is 18.2 Å². The van der Waals surface area contributed by atoms with Gasteiger partial charge in [-0.1, -0.05) is 6.92 Å². The Bertz CT molecular complexity index is 133. The van der Waals surface area contributed by atoms with E-state index in [0.717, 1.165) is 19.3 Å². The number of hydrogen-bond acceptors (Lipinski definition) is 2. The van der Waals surface area contributed by atoms with Crippen LogP contribution >= 0.6 is 0 Å². The summed E-state index contributed by atoms with van der Waals surface area (Å²) in [5, 5.41) is 0. The molecule has 10 heavy (non-hydrogen) atoms. The van der Waals surface area contributed by atoms with Crippen molar-refractivity contribution >= 4 is 5.78 Å². The topological polar surface area (TPSA) is 43.1 Å². The van der Waals surface area contributed by atoms with Crippen LogP contribution in [0.1, 0.15) is 26.2 Å². The Morgan fingerprint density at radius 1 is 1.70 bits per heavy atom. The minimum atomic E-state index is 0.170. The van der Waals surface area contributed by atoms with E-state index in [9.17, 15) is 4.79 Å². The van der Waals surface area contributed by atoms with Crippen molar-refractivity contribution in [1.82, 2.24) is 0 Å². The molecule has 0 aromatic carbocycles. The summed E-state index contributed by atoms with van der Waals surface area (Å²) < 4.78 is 0. The van der Waals surface area contributed by atoms with Gasteiger partial charge in [0.2, 0.25) is 0 Å². The molecule has 0 heterocycles. The largest absolute Gasteiger partial charge is 0.330 e. The summed E-state index contributed by atoms with van der Waals surface area (Å²) in [6.45, 7) is 2.73. The van der Waals surface area contributed by atoms with Gasteiger partial charge in [-0.3, -0.25) is 4.79 Å². The highest BCUT2D eigenvalue weighted by Crippen LogP contribution is 2.24. The van der Waals surface area contributed by atoms with Crippen LogP contribution in [0.25, 0.3) is 0 Å². The molecule has 1 aliphatic carbocycles. The lowest BCUT2D eigenvalue weighted by Gasteiger charge is -2.23. The molecule has 0 bridgehead atoms. The molecule has 0 amide bonds. The maximum absolute atomic E-state index is 11.1. The second kappa shape index (κ2) is 3.15. The van der Waals surface area contributed by atoms with Crippen LogP contribution in [0.3, 0.4) is 0 Å². The van der Waals surface area contributed by atoms with Gasteiger partial charge < -0.3 is 5.73 Å². The molecular formula is C8H15NO. The molecule has 1 rings (SSSR count). The molecule has 2 unspecified atom stereocenters. The number of ketones is 1. The minimum Gasteiger partial charge on any atom is -0.330 e. The van der Waals surface area contributed by atoms with E-state index in [1.54, 1.807) is 0 Å². The van der Waals surface area contributed by atoms with Gasteiger partial charge in [-0.2, -0.15) is 0 Å². The Kier molecular flexibility index (Phi) is 2.44. The highest BCUT2D eigenvalue weighted by atomic mass is 16.1. The first-order valence-electron chi connectivity index (χ1n) is 3.96. The normalized spacial score (nSPS) is 34.4. The molecule has 2 heteroatoms. The van der Waals surface area contributed by atoms with Crippen molar-refractivity contribution < 1.29 is 4.79 Å². The Morgan fingerprint density at radius 3 is 2.90 bits per heavy atom. The second-order valence-corrected chi connectivity index (χ2v) is 3.28. The molecule has 0 aromatic heterocycles. The van der Waals surface area contributed by atoms with Gasteiger partial charge in [-0.15, -0.1) is 0 Å². The molecule has 2 nitrogen and oxygen atoms in total. The first-order valence-corrected chi connectivity index (χ1v) is 3.96. The van der Waals surface area contributed by atoms with Gasteiger partial charge in [0.15, 0.2) is 0 Å². The van der Waals surface area contributed by atoms with E-state index >= 15 is 0 Å². The van der Waals surface area contributed by atoms with Crippen molar-refractivity contribution in [3.63, 3.8) is 0 Å². The molecule has 2 N–H and O–H groups in total. The van der Waals surface area contributed by atoms with Crippen molar-refractivity contribution in [2.45, 2.75) is 26.2 Å². The van der Waals surface area contributed by atoms with E-state index in [2.05, 4.69) is 6.92 Å². The van der Waals surface area contributed by atoms with Gasteiger partial charge in [-0.25, -0.2) is 0 Å². The number of carbonyl (C=O) groups is 1. The fourth-order valence-electron chi connectivity index (χ4n) is 1.56. The molecule has 58 valence electrons. The van der Waals surface area contributed by atoms with E-state index in [1.165, 1.54) is 0 Å². The van der Waals surface area contributed by atoms with E-state index in [1.807, 2.05) is 0 Å². The predicted molar refractivity (Wildman–Crippen MR) is 40.6 cm³/mol. The van der Waals surface area contributed by atoms with E-state index in [-0.39, 0.29) is 5.92 Å². The van der Waals surface area contributed by atoms with E-state index in [4.69, 9.17) is 5.73 Å². The van der Waals surface area contributed by atoms with Gasteiger partial charge in [0, 0.05) is 18.9 Å². The number of nitrogens with two attached hydrogens (primary N) is 1. The lowest BCUT2D eigenvalue weighted by molar-refractivity contribution is -0.125. The summed E-state index contributed by atoms with van der Waals surface area (Å²) in [5.41, 5.74) is 5.44. The van der Waals surface area contributed by atoms with Crippen LogP contribution < -0.4 is 5.73 Å². The average Bonchev–Trinajstić information content (AvgIpc) is 1.94. The lowest BCUT2D eigenvalue weighted by Crippen LogP contribution is -2.29. The summed E-state index contributed by atoms with van der Waals surface area (Å²) in [6.07, 6.45) is 2.83. The predicted octanol–water partition coefficient (Wildman–Crippen LogP) is 0.950. The third-order valence-corrected chi connectivity index (χ3v) is 2.31. The minimum absolute atomic E-state index is 0.170. The molecule has 0 aliphatic heterocycles. The monoisotopic (exact) mass is 141 g/mol. The van der Waals surface area contributed by atoms with Crippen LogP contribution in [0.5, 0.6) is 0 Å². The molecule has 1 fully saturated rings. The molecule has 0 saturated heterocycles. The zero-order valence-corrected chi connectivity index (χ0v) is 6.47. The lowest BCUT2D eigenvalue weighted by atomic mass is 9.82. The summed E-state index contributed by atoms with van der Waals surface area (Å²) in [7, 11) is 0. The number of hydrogen-bond donors (Lipinski definition) is 1.